The molecule has 1 aromatic carbocycles. The lowest BCUT2D eigenvalue weighted by molar-refractivity contribution is 0.0520. The predicted molar refractivity (Wildman–Crippen MR) is 67.0 cm³/mol. The van der Waals surface area contributed by atoms with Crippen molar-refractivity contribution in [2.75, 3.05) is 6.61 Å². The number of H-pyrrole nitrogens is 1. The van der Waals surface area contributed by atoms with Crippen molar-refractivity contribution in [2.24, 2.45) is 0 Å². The first-order valence-electron chi connectivity index (χ1n) is 4.77. The Labute approximate surface area is 106 Å². The van der Waals surface area contributed by atoms with Gasteiger partial charge in [-0.3, -0.25) is 0 Å². The molecule has 0 radical (unpaired) electrons. The van der Waals surface area contributed by atoms with E-state index in [9.17, 15) is 4.79 Å². The van der Waals surface area contributed by atoms with Crippen molar-refractivity contribution in [2.45, 2.75) is 6.92 Å². The Morgan fingerprint density at radius 2 is 2.31 bits per heavy atom. The van der Waals surface area contributed by atoms with Gasteiger partial charge in [0, 0.05) is 9.86 Å². The summed E-state index contributed by atoms with van der Waals surface area (Å²) in [6, 6.07) is 5.30. The summed E-state index contributed by atoms with van der Waals surface area (Å²) in [6.45, 7) is 2.12. The highest BCUT2D eigenvalue weighted by Crippen LogP contribution is 2.30. The summed E-state index contributed by atoms with van der Waals surface area (Å²) >= 11 is 9.42. The molecule has 1 N–H and O–H groups in total. The van der Waals surface area contributed by atoms with Gasteiger partial charge in [-0.25, -0.2) is 4.79 Å². The minimum atomic E-state index is -0.373. The zero-order valence-electron chi connectivity index (χ0n) is 8.51. The van der Waals surface area contributed by atoms with Gasteiger partial charge >= 0.3 is 5.97 Å². The smallest absolute Gasteiger partial charge is 0.354 e. The normalized spacial score (nSPS) is 10.7. The van der Waals surface area contributed by atoms with Gasteiger partial charge in [-0.2, -0.15) is 0 Å². The van der Waals surface area contributed by atoms with Gasteiger partial charge in [0.2, 0.25) is 0 Å². The number of hydrogen-bond acceptors (Lipinski definition) is 2. The number of carbonyl (C=O) groups excluding carboxylic acids is 1. The summed E-state index contributed by atoms with van der Waals surface area (Å²) < 4.78 is 5.77. The summed E-state index contributed by atoms with van der Waals surface area (Å²) in [5.41, 5.74) is 1.21. The van der Waals surface area contributed by atoms with Gasteiger partial charge in [0.15, 0.2) is 0 Å². The average Bonchev–Trinajstić information content (AvgIpc) is 2.70. The molecular formula is C11H9BrClNO2. The number of esters is 1. The molecule has 84 valence electrons. The van der Waals surface area contributed by atoms with E-state index in [2.05, 4.69) is 20.9 Å². The van der Waals surface area contributed by atoms with Crippen LogP contribution in [0, 0.1) is 0 Å². The molecule has 16 heavy (non-hydrogen) atoms. The molecule has 1 aromatic heterocycles. The molecule has 0 aliphatic heterocycles. The van der Waals surface area contributed by atoms with E-state index in [1.54, 1.807) is 19.1 Å². The molecule has 0 spiro atoms. The molecule has 5 heteroatoms. The fourth-order valence-corrected chi connectivity index (χ4v) is 2.13. The van der Waals surface area contributed by atoms with Crippen LogP contribution in [-0.2, 0) is 4.74 Å². The molecule has 2 aromatic rings. The lowest BCUT2D eigenvalue weighted by Gasteiger charge is -1.97. The maximum Gasteiger partial charge on any atom is 0.354 e. The molecule has 0 amide bonds. The summed E-state index contributed by atoms with van der Waals surface area (Å²) in [4.78, 5) is 14.5. The van der Waals surface area contributed by atoms with Crippen LogP contribution in [0.1, 0.15) is 17.4 Å². The molecular weight excluding hydrogens is 293 g/mol. The maximum absolute atomic E-state index is 11.5. The molecule has 0 bridgehead atoms. The number of hydrogen-bond donors (Lipinski definition) is 1. The van der Waals surface area contributed by atoms with E-state index < -0.39 is 0 Å². The van der Waals surface area contributed by atoms with E-state index in [1.165, 1.54) is 0 Å². The van der Waals surface area contributed by atoms with Gasteiger partial charge in [0.25, 0.3) is 0 Å². The molecule has 3 nitrogen and oxygen atoms in total. The topological polar surface area (TPSA) is 42.1 Å². The molecule has 0 fully saturated rings. The number of halogens is 2. The van der Waals surface area contributed by atoms with Crippen molar-refractivity contribution in [1.29, 1.82) is 0 Å². The number of fused-ring (bicyclic) bond motifs is 1. The number of carbonyl (C=O) groups is 1. The van der Waals surface area contributed by atoms with Crippen LogP contribution < -0.4 is 0 Å². The first-order chi connectivity index (χ1) is 7.63. The number of rotatable bonds is 2. The zero-order chi connectivity index (χ0) is 11.7. The Kier molecular flexibility index (Phi) is 3.21. The lowest BCUT2D eigenvalue weighted by atomic mass is 10.2. The molecule has 0 atom stereocenters. The van der Waals surface area contributed by atoms with Gasteiger partial charge in [-0.1, -0.05) is 11.6 Å². The van der Waals surface area contributed by atoms with Crippen molar-refractivity contribution < 1.29 is 9.53 Å². The van der Waals surface area contributed by atoms with Crippen LogP contribution in [0.3, 0.4) is 0 Å². The molecule has 1 heterocycles. The molecule has 0 saturated heterocycles. The van der Waals surface area contributed by atoms with Crippen molar-refractivity contribution in [3.05, 3.63) is 33.4 Å². The van der Waals surface area contributed by atoms with Crippen LogP contribution in [0.25, 0.3) is 10.9 Å². The Balaban J connectivity index is 2.55. The highest BCUT2D eigenvalue weighted by Gasteiger charge is 2.13. The van der Waals surface area contributed by atoms with Crippen LogP contribution >= 0.6 is 27.5 Å². The SMILES string of the molecule is CCOC(=O)c1cc2c(Cl)ccc(Br)c2[nH]1. The standard InChI is InChI=1S/C11H9BrClNO2/c1-2-16-11(15)9-5-6-8(13)4-3-7(12)10(6)14-9/h3-5,14H,2H2,1H3. The lowest BCUT2D eigenvalue weighted by Crippen LogP contribution is -2.04. The summed E-state index contributed by atoms with van der Waals surface area (Å²) in [7, 11) is 0. The van der Waals surface area contributed by atoms with Crippen LogP contribution in [0.4, 0.5) is 0 Å². The van der Waals surface area contributed by atoms with Crippen molar-refractivity contribution in [3.63, 3.8) is 0 Å². The molecule has 0 aliphatic carbocycles. The third-order valence-corrected chi connectivity index (χ3v) is 3.18. The van der Waals surface area contributed by atoms with E-state index in [4.69, 9.17) is 16.3 Å². The maximum atomic E-state index is 11.5. The average molecular weight is 303 g/mol. The molecule has 0 aliphatic rings. The number of benzene rings is 1. The van der Waals surface area contributed by atoms with E-state index in [1.807, 2.05) is 6.07 Å². The van der Waals surface area contributed by atoms with Crippen LogP contribution in [0.5, 0.6) is 0 Å². The van der Waals surface area contributed by atoms with E-state index >= 15 is 0 Å². The van der Waals surface area contributed by atoms with E-state index in [0.29, 0.717) is 17.3 Å². The minimum absolute atomic E-state index is 0.350. The van der Waals surface area contributed by atoms with Crippen LogP contribution in [0.15, 0.2) is 22.7 Å². The number of aromatic nitrogens is 1. The predicted octanol–water partition coefficient (Wildman–Crippen LogP) is 3.76. The molecule has 0 saturated carbocycles. The quantitative estimate of drug-likeness (QED) is 0.858. The van der Waals surface area contributed by atoms with Crippen molar-refractivity contribution in [1.82, 2.24) is 4.98 Å². The Bertz CT molecular complexity index is 511. The van der Waals surface area contributed by atoms with Gasteiger partial charge < -0.3 is 9.72 Å². The zero-order valence-corrected chi connectivity index (χ0v) is 10.9. The highest BCUT2D eigenvalue weighted by molar-refractivity contribution is 9.10. The summed E-state index contributed by atoms with van der Waals surface area (Å²) in [5.74, 6) is -0.373. The first-order valence-corrected chi connectivity index (χ1v) is 5.94. The fraction of sp³-hybridized carbons (Fsp3) is 0.182. The van der Waals surface area contributed by atoms with Gasteiger partial charge in [0.1, 0.15) is 5.69 Å². The second kappa shape index (κ2) is 4.47. The minimum Gasteiger partial charge on any atom is -0.461 e. The van der Waals surface area contributed by atoms with Crippen molar-refractivity contribution in [3.8, 4) is 0 Å². The van der Waals surface area contributed by atoms with E-state index in [0.717, 1.165) is 15.4 Å². The second-order valence-electron chi connectivity index (χ2n) is 3.22. The fourth-order valence-electron chi connectivity index (χ4n) is 1.47. The van der Waals surface area contributed by atoms with Crippen LogP contribution in [-0.4, -0.2) is 17.6 Å². The van der Waals surface area contributed by atoms with Gasteiger partial charge in [-0.15, -0.1) is 0 Å². The first kappa shape index (κ1) is 11.5. The Morgan fingerprint density at radius 1 is 1.56 bits per heavy atom. The van der Waals surface area contributed by atoms with Gasteiger partial charge in [-0.05, 0) is 41.1 Å². The van der Waals surface area contributed by atoms with Crippen molar-refractivity contribution >= 4 is 44.4 Å². The highest BCUT2D eigenvalue weighted by atomic mass is 79.9. The number of ether oxygens (including phenoxy) is 1. The molecule has 2 rings (SSSR count). The van der Waals surface area contributed by atoms with Gasteiger partial charge in [0.05, 0.1) is 17.1 Å². The second-order valence-corrected chi connectivity index (χ2v) is 4.48. The Hall–Kier alpha value is -1.00. The third kappa shape index (κ3) is 1.95. The third-order valence-electron chi connectivity index (χ3n) is 2.19. The summed E-state index contributed by atoms with van der Waals surface area (Å²) in [6.07, 6.45) is 0. The van der Waals surface area contributed by atoms with Crippen LogP contribution in [0.2, 0.25) is 5.02 Å². The summed E-state index contributed by atoms with van der Waals surface area (Å²) in [5, 5.41) is 1.41. The monoisotopic (exact) mass is 301 g/mol. The number of nitrogens with one attached hydrogen (secondary N) is 1. The Morgan fingerprint density at radius 3 is 2.94 bits per heavy atom. The molecule has 0 unspecified atom stereocenters. The largest absolute Gasteiger partial charge is 0.461 e. The van der Waals surface area contributed by atoms with E-state index in [-0.39, 0.29) is 5.97 Å². The number of aromatic amines is 1.